The number of primary amides is 1. The second kappa shape index (κ2) is 7.56. The van der Waals surface area contributed by atoms with Crippen LogP contribution in [0.1, 0.15) is 59.8 Å². The smallest absolute Gasteiger partial charge is 0.249 e. The topological polar surface area (TPSA) is 77.9 Å². The largest absolute Gasteiger partial charge is 0.377 e. The Morgan fingerprint density at radius 3 is 2.40 bits per heavy atom. The molecule has 4 N–H and O–H groups in total. The van der Waals surface area contributed by atoms with Crippen LogP contribution in [0.2, 0.25) is 0 Å². The average Bonchev–Trinajstić information content (AvgIpc) is 3.31. The quantitative estimate of drug-likeness (QED) is 0.410. The number of nitrogens with one attached hydrogen (secondary N) is 2. The summed E-state index contributed by atoms with van der Waals surface area (Å²) in [7, 11) is 4.15. The number of nitrogens with two attached hydrogens (primary N) is 1. The Kier molecular flexibility index (Phi) is 5.06. The Morgan fingerprint density at radius 1 is 1.00 bits per heavy atom. The van der Waals surface area contributed by atoms with Crippen molar-refractivity contribution >= 4 is 33.4 Å². The van der Waals surface area contributed by atoms with E-state index in [-0.39, 0.29) is 5.91 Å². The fourth-order valence-electron chi connectivity index (χ4n) is 4.24. The van der Waals surface area contributed by atoms with Gasteiger partial charge in [-0.15, -0.1) is 0 Å². The summed E-state index contributed by atoms with van der Waals surface area (Å²) in [4.78, 5) is 21.1. The number of carbonyl (C=O) groups excluding carboxylic acids is 1. The van der Waals surface area contributed by atoms with Crippen LogP contribution in [0.4, 0.5) is 5.69 Å². The molecule has 2 heterocycles. The first-order valence-electron chi connectivity index (χ1n) is 10.5. The second-order valence-corrected chi connectivity index (χ2v) is 8.82. The van der Waals surface area contributed by atoms with Crippen molar-refractivity contribution in [2.24, 2.45) is 5.73 Å². The molecule has 4 rings (SSSR count). The van der Waals surface area contributed by atoms with Crippen molar-refractivity contribution in [3.8, 4) is 0 Å². The number of hydrogen-bond acceptors (Lipinski definition) is 2. The molecule has 0 aliphatic carbocycles. The molecule has 2 aromatic heterocycles. The number of fused-ring (bicyclic) bond motifs is 2. The highest BCUT2D eigenvalue weighted by molar-refractivity contribution is 6.06. The first-order valence-corrected chi connectivity index (χ1v) is 10.5. The van der Waals surface area contributed by atoms with E-state index in [9.17, 15) is 4.79 Å². The number of H-pyrrole nitrogens is 2. The molecule has 0 saturated heterocycles. The van der Waals surface area contributed by atoms with Crippen molar-refractivity contribution in [2.75, 3.05) is 19.0 Å². The summed E-state index contributed by atoms with van der Waals surface area (Å²) >= 11 is 0. The number of carbonyl (C=O) groups is 1. The van der Waals surface area contributed by atoms with Crippen LogP contribution in [0.15, 0.2) is 42.6 Å². The molecular formula is C25H30N4O. The Morgan fingerprint density at radius 2 is 1.73 bits per heavy atom. The number of hydrogen-bond donors (Lipinski definition) is 3. The molecule has 2 aromatic carbocycles. The van der Waals surface area contributed by atoms with Gasteiger partial charge in [0.15, 0.2) is 0 Å². The van der Waals surface area contributed by atoms with E-state index in [0.29, 0.717) is 17.4 Å². The highest BCUT2D eigenvalue weighted by atomic mass is 16.1. The first kappa shape index (κ1) is 20.1. The number of aromatic nitrogens is 2. The fourth-order valence-corrected chi connectivity index (χ4v) is 4.24. The first-order chi connectivity index (χ1) is 14.2. The van der Waals surface area contributed by atoms with Crippen molar-refractivity contribution in [1.29, 1.82) is 0 Å². The van der Waals surface area contributed by atoms with Crippen LogP contribution in [0, 0.1) is 0 Å². The van der Waals surface area contributed by atoms with Crippen LogP contribution < -0.4 is 10.6 Å². The summed E-state index contributed by atoms with van der Waals surface area (Å²) in [5.74, 6) is 0.259. The van der Waals surface area contributed by atoms with E-state index in [1.165, 1.54) is 16.6 Å². The Balaban J connectivity index is 1.71. The predicted octanol–water partition coefficient (Wildman–Crippen LogP) is 5.28. The van der Waals surface area contributed by atoms with E-state index >= 15 is 0 Å². The second-order valence-electron chi connectivity index (χ2n) is 8.82. The molecule has 0 bridgehead atoms. The lowest BCUT2D eigenvalue weighted by molar-refractivity contribution is 0.100. The molecule has 0 spiro atoms. The number of nitrogens with zero attached hydrogens (tertiary/aromatic N) is 1. The van der Waals surface area contributed by atoms with E-state index in [2.05, 4.69) is 80.1 Å². The summed E-state index contributed by atoms with van der Waals surface area (Å²) in [5.41, 5.74) is 13.1. The highest BCUT2D eigenvalue weighted by Gasteiger charge is 2.17. The van der Waals surface area contributed by atoms with Crippen LogP contribution in [-0.2, 0) is 6.42 Å². The van der Waals surface area contributed by atoms with Crippen LogP contribution in [-0.4, -0.2) is 30.0 Å². The van der Waals surface area contributed by atoms with E-state index in [1.54, 1.807) is 0 Å². The van der Waals surface area contributed by atoms with Crippen LogP contribution in [0.5, 0.6) is 0 Å². The Labute approximate surface area is 177 Å². The number of aromatic amines is 2. The number of anilines is 1. The molecule has 5 nitrogen and oxygen atoms in total. The Hall–Kier alpha value is -3.21. The molecule has 0 aliphatic heterocycles. The normalized spacial score (nSPS) is 12.7. The van der Waals surface area contributed by atoms with E-state index < -0.39 is 0 Å². The SMILES string of the molecule is CC(C)c1cc(C(N)=O)c2cc(CC(C)c3cc(N(C)C)c4cc[nH]c4c3)[nH]c2c1. The van der Waals surface area contributed by atoms with Crippen LogP contribution in [0.25, 0.3) is 21.8 Å². The zero-order chi connectivity index (χ0) is 21.6. The third-order valence-corrected chi connectivity index (χ3v) is 5.99. The maximum Gasteiger partial charge on any atom is 0.249 e. The molecule has 0 fully saturated rings. The van der Waals surface area contributed by atoms with Crippen molar-refractivity contribution in [1.82, 2.24) is 9.97 Å². The van der Waals surface area contributed by atoms with Crippen molar-refractivity contribution in [3.05, 3.63) is 65.0 Å². The van der Waals surface area contributed by atoms with Crippen LogP contribution >= 0.6 is 0 Å². The fraction of sp³-hybridized carbons (Fsp3) is 0.320. The average molecular weight is 403 g/mol. The van der Waals surface area contributed by atoms with Gasteiger partial charge in [-0.25, -0.2) is 0 Å². The monoisotopic (exact) mass is 402 g/mol. The third-order valence-electron chi connectivity index (χ3n) is 5.99. The third kappa shape index (κ3) is 3.56. The summed E-state index contributed by atoms with van der Waals surface area (Å²) in [5, 5.41) is 2.14. The summed E-state index contributed by atoms with van der Waals surface area (Å²) < 4.78 is 0. The van der Waals surface area contributed by atoms with Gasteiger partial charge in [0.25, 0.3) is 0 Å². The summed E-state index contributed by atoms with van der Waals surface area (Å²) in [6, 6.07) is 12.8. The molecule has 0 aliphatic rings. The predicted molar refractivity (Wildman–Crippen MR) is 126 cm³/mol. The molecule has 1 atom stereocenters. The molecule has 0 saturated carbocycles. The molecular weight excluding hydrogens is 372 g/mol. The minimum atomic E-state index is -0.381. The zero-order valence-electron chi connectivity index (χ0n) is 18.3. The molecule has 0 radical (unpaired) electrons. The van der Waals surface area contributed by atoms with E-state index in [1.807, 2.05) is 12.3 Å². The van der Waals surface area contributed by atoms with Crippen LogP contribution in [0.3, 0.4) is 0 Å². The number of rotatable bonds is 6. The summed E-state index contributed by atoms with van der Waals surface area (Å²) in [6.45, 7) is 6.48. The van der Waals surface area contributed by atoms with Gasteiger partial charge < -0.3 is 20.6 Å². The van der Waals surface area contributed by atoms with Gasteiger partial charge in [-0.1, -0.05) is 20.8 Å². The molecule has 156 valence electrons. The lowest BCUT2D eigenvalue weighted by Crippen LogP contribution is -2.11. The highest BCUT2D eigenvalue weighted by Crippen LogP contribution is 2.32. The van der Waals surface area contributed by atoms with Crippen molar-refractivity contribution in [2.45, 2.75) is 39.0 Å². The van der Waals surface area contributed by atoms with Gasteiger partial charge in [-0.2, -0.15) is 0 Å². The minimum Gasteiger partial charge on any atom is -0.377 e. The summed E-state index contributed by atoms with van der Waals surface area (Å²) in [6.07, 6.45) is 2.84. The molecule has 30 heavy (non-hydrogen) atoms. The molecule has 1 unspecified atom stereocenters. The van der Waals surface area contributed by atoms with Gasteiger partial charge in [-0.3, -0.25) is 4.79 Å². The minimum absolute atomic E-state index is 0.311. The van der Waals surface area contributed by atoms with Gasteiger partial charge in [0, 0.05) is 59.0 Å². The maximum atomic E-state index is 12.0. The molecule has 4 aromatic rings. The zero-order valence-corrected chi connectivity index (χ0v) is 18.3. The maximum absolute atomic E-state index is 12.0. The lowest BCUT2D eigenvalue weighted by Gasteiger charge is -2.18. The van der Waals surface area contributed by atoms with Gasteiger partial charge in [0.2, 0.25) is 5.91 Å². The molecule has 5 heteroatoms. The molecule has 1 amide bonds. The van der Waals surface area contributed by atoms with Gasteiger partial charge in [0.05, 0.1) is 0 Å². The lowest BCUT2D eigenvalue weighted by atomic mass is 9.94. The van der Waals surface area contributed by atoms with Crippen molar-refractivity contribution < 1.29 is 4.79 Å². The Bertz CT molecular complexity index is 1230. The van der Waals surface area contributed by atoms with Gasteiger partial charge in [0.1, 0.15) is 0 Å². The van der Waals surface area contributed by atoms with Gasteiger partial charge in [-0.05, 0) is 65.8 Å². The number of benzene rings is 2. The number of amides is 1. The van der Waals surface area contributed by atoms with Crippen molar-refractivity contribution in [3.63, 3.8) is 0 Å². The van der Waals surface area contributed by atoms with E-state index in [4.69, 9.17) is 5.73 Å². The van der Waals surface area contributed by atoms with E-state index in [0.717, 1.165) is 34.1 Å². The van der Waals surface area contributed by atoms with Gasteiger partial charge >= 0.3 is 0 Å². The standard InChI is InChI=1S/C25H30N4O/c1-14(2)16-9-21(25(26)30)20-13-18(28-23(20)10-16)8-15(3)17-11-22-19(6-7-27-22)24(12-17)29(4)5/h6-7,9-15,27-28H,8H2,1-5H3,(H2,26,30).